The maximum Gasteiger partial charge on any atom is 0.252 e. The Morgan fingerprint density at radius 1 is 0.400 bits per heavy atom. The summed E-state index contributed by atoms with van der Waals surface area (Å²) in [5, 5.41) is 10.4. The van der Waals surface area contributed by atoms with E-state index < -0.39 is 0 Å². The van der Waals surface area contributed by atoms with Crippen LogP contribution >= 0.6 is 0 Å². The number of hydrogen-bond donors (Lipinski definition) is 0. The summed E-state index contributed by atoms with van der Waals surface area (Å²) in [5.74, 6) is 0.536. The fourth-order valence-corrected chi connectivity index (χ4v) is 10.6. The molecule has 0 unspecified atom stereocenters. The topological polar surface area (TPSA) is 6.48 Å². The summed E-state index contributed by atoms with van der Waals surface area (Å²) in [5.41, 5.74) is 13.3. The highest BCUT2D eigenvalue weighted by Crippen LogP contribution is 2.51. The van der Waals surface area contributed by atoms with Gasteiger partial charge in [0.05, 0.1) is 5.69 Å². The van der Waals surface area contributed by atoms with Crippen LogP contribution in [0.1, 0.15) is 43.6 Å². The second-order valence-corrected chi connectivity index (χ2v) is 15.8. The molecule has 0 radical (unpaired) electrons. The van der Waals surface area contributed by atoms with Crippen LogP contribution in [0.25, 0.3) is 43.1 Å². The molecule has 2 aliphatic heterocycles. The molecule has 3 heteroatoms. The highest BCUT2D eigenvalue weighted by molar-refractivity contribution is 7.02. The summed E-state index contributed by atoms with van der Waals surface area (Å²) in [6, 6.07) is 64.3. The maximum absolute atomic E-state index is 2.71. The summed E-state index contributed by atoms with van der Waals surface area (Å²) >= 11 is 0. The lowest BCUT2D eigenvalue weighted by atomic mass is 9.32. The van der Waals surface area contributed by atoms with E-state index in [4.69, 9.17) is 0 Å². The van der Waals surface area contributed by atoms with Crippen LogP contribution in [-0.4, -0.2) is 6.71 Å². The Balaban J connectivity index is 1.30. The summed E-state index contributed by atoms with van der Waals surface area (Å²) in [6.07, 6.45) is 6.41. The minimum atomic E-state index is 0.0500. The lowest BCUT2D eigenvalue weighted by Crippen LogP contribution is -2.61. The third-order valence-electron chi connectivity index (χ3n) is 13.0. The number of para-hydroxylation sites is 2. The second-order valence-electron chi connectivity index (χ2n) is 15.8. The molecule has 1 aliphatic carbocycles. The summed E-state index contributed by atoms with van der Waals surface area (Å²) in [4.78, 5) is 5.28. The Labute approximate surface area is 322 Å². The average molecular weight is 703 g/mol. The van der Waals surface area contributed by atoms with E-state index >= 15 is 0 Å². The fraction of sp³-hybridized carbons (Fsp3) is 0.115. The number of nitrogens with zero attached hydrogens (tertiary/aromatic N) is 2. The zero-order chi connectivity index (χ0) is 36.0. The predicted octanol–water partition coefficient (Wildman–Crippen LogP) is 12.4. The molecular formula is C52H39BN2. The summed E-state index contributed by atoms with van der Waals surface area (Å²) in [6.45, 7) is 0.0500. The Hall–Kier alpha value is -6.32. The van der Waals surface area contributed by atoms with Gasteiger partial charge in [-0.2, -0.15) is 0 Å². The number of rotatable bonds is 3. The van der Waals surface area contributed by atoms with Crippen molar-refractivity contribution >= 4 is 100 Å². The molecule has 9 aromatic rings. The normalized spacial score (nSPS) is 15.1. The molecule has 2 heterocycles. The smallest absolute Gasteiger partial charge is 0.252 e. The molecule has 1 saturated carbocycles. The van der Waals surface area contributed by atoms with Crippen LogP contribution in [0.15, 0.2) is 170 Å². The monoisotopic (exact) mass is 702 g/mol. The summed E-state index contributed by atoms with van der Waals surface area (Å²) in [7, 11) is 0. The zero-order valence-electron chi connectivity index (χ0n) is 30.8. The molecule has 3 aliphatic rings. The Morgan fingerprint density at radius 3 is 1.73 bits per heavy atom. The third-order valence-corrected chi connectivity index (χ3v) is 13.0. The largest absolute Gasteiger partial charge is 0.311 e. The maximum atomic E-state index is 2.71. The summed E-state index contributed by atoms with van der Waals surface area (Å²) < 4.78 is 0. The van der Waals surface area contributed by atoms with Gasteiger partial charge < -0.3 is 9.80 Å². The van der Waals surface area contributed by atoms with Gasteiger partial charge in [0.15, 0.2) is 0 Å². The van der Waals surface area contributed by atoms with E-state index in [2.05, 4.69) is 180 Å². The van der Waals surface area contributed by atoms with Crippen molar-refractivity contribution in [3.63, 3.8) is 0 Å². The minimum Gasteiger partial charge on any atom is -0.311 e. The average Bonchev–Trinajstić information content (AvgIpc) is 3.26. The van der Waals surface area contributed by atoms with Gasteiger partial charge in [0.2, 0.25) is 0 Å². The second kappa shape index (κ2) is 12.1. The van der Waals surface area contributed by atoms with Crippen molar-refractivity contribution in [2.45, 2.75) is 38.0 Å². The van der Waals surface area contributed by atoms with Gasteiger partial charge in [0.1, 0.15) is 0 Å². The molecule has 12 rings (SSSR count). The van der Waals surface area contributed by atoms with Gasteiger partial charge in [-0.25, -0.2) is 0 Å². The van der Waals surface area contributed by atoms with E-state index in [0.29, 0.717) is 5.92 Å². The van der Waals surface area contributed by atoms with Crippen LogP contribution in [0.3, 0.4) is 0 Å². The SMILES string of the molecule is c1ccc(N2c3ccccc3B3c4c2cc(C2CCCCC2)cc4N(c2cc4ccccc4c4ccccc24)c2c3c3ccccc3c3ccccc23)cc1. The molecule has 0 spiro atoms. The molecule has 9 aromatic carbocycles. The van der Waals surface area contributed by atoms with Crippen molar-refractivity contribution < 1.29 is 0 Å². The molecule has 260 valence electrons. The third kappa shape index (κ3) is 4.50. The van der Waals surface area contributed by atoms with Crippen molar-refractivity contribution in [2.24, 2.45) is 0 Å². The Kier molecular flexibility index (Phi) is 6.84. The number of fused-ring (bicyclic) bond motifs is 12. The highest BCUT2D eigenvalue weighted by atomic mass is 15.2. The molecular weight excluding hydrogens is 663 g/mol. The molecule has 0 N–H and O–H groups in total. The van der Waals surface area contributed by atoms with E-state index in [1.807, 2.05) is 0 Å². The molecule has 0 amide bonds. The fourth-order valence-electron chi connectivity index (χ4n) is 10.6. The van der Waals surface area contributed by atoms with Crippen molar-refractivity contribution in [1.29, 1.82) is 0 Å². The predicted molar refractivity (Wildman–Crippen MR) is 236 cm³/mol. The molecule has 0 atom stereocenters. The standard InChI is InChI=1S/C52H39BN2/c1-3-17-34(18-4-1)36-32-48-51-49(33-36)55(47-31-35-19-7-8-22-38(35)39-23-9-12-26-42(39)47)52-44-28-14-11-25-41(44)40-24-10-13-27-43(40)50(52)53(51)45-29-15-16-30-46(45)54(48)37-20-5-2-6-21-37/h2,5-16,19-34H,1,3-4,17-18H2. The lowest BCUT2D eigenvalue weighted by Gasteiger charge is -2.46. The van der Waals surface area contributed by atoms with Crippen molar-refractivity contribution in [1.82, 2.24) is 0 Å². The van der Waals surface area contributed by atoms with Gasteiger partial charge in [-0.15, -0.1) is 0 Å². The van der Waals surface area contributed by atoms with Crippen molar-refractivity contribution in [2.75, 3.05) is 9.80 Å². The van der Waals surface area contributed by atoms with E-state index in [1.165, 1.54) is 131 Å². The molecule has 2 nitrogen and oxygen atoms in total. The van der Waals surface area contributed by atoms with E-state index in [0.717, 1.165) is 0 Å². The first-order valence-corrected chi connectivity index (χ1v) is 20.1. The Morgan fingerprint density at radius 2 is 0.964 bits per heavy atom. The molecule has 55 heavy (non-hydrogen) atoms. The quantitative estimate of drug-likeness (QED) is 0.134. The molecule has 0 bridgehead atoms. The van der Waals surface area contributed by atoms with Crippen LogP contribution in [0.2, 0.25) is 0 Å². The van der Waals surface area contributed by atoms with Gasteiger partial charge in [0.25, 0.3) is 6.71 Å². The van der Waals surface area contributed by atoms with Gasteiger partial charge >= 0.3 is 0 Å². The van der Waals surface area contributed by atoms with Gasteiger partial charge in [-0.1, -0.05) is 153 Å². The number of anilines is 6. The van der Waals surface area contributed by atoms with E-state index in [1.54, 1.807) is 0 Å². The highest BCUT2D eigenvalue weighted by Gasteiger charge is 2.45. The number of hydrogen-bond acceptors (Lipinski definition) is 2. The van der Waals surface area contributed by atoms with Crippen molar-refractivity contribution in [3.05, 3.63) is 175 Å². The first kappa shape index (κ1) is 31.1. The Bertz CT molecular complexity index is 3000. The minimum absolute atomic E-state index is 0.0500. The molecule has 1 fully saturated rings. The van der Waals surface area contributed by atoms with Crippen LogP contribution in [0.5, 0.6) is 0 Å². The van der Waals surface area contributed by atoms with Gasteiger partial charge in [-0.3, -0.25) is 0 Å². The first-order chi connectivity index (χ1) is 27.3. The first-order valence-electron chi connectivity index (χ1n) is 20.1. The van der Waals surface area contributed by atoms with Crippen molar-refractivity contribution in [3.8, 4) is 0 Å². The molecule has 0 aromatic heterocycles. The van der Waals surface area contributed by atoms with E-state index in [-0.39, 0.29) is 6.71 Å². The van der Waals surface area contributed by atoms with Gasteiger partial charge in [0, 0.05) is 39.2 Å². The van der Waals surface area contributed by atoms with E-state index in [9.17, 15) is 0 Å². The van der Waals surface area contributed by atoms with Crippen LogP contribution < -0.4 is 26.2 Å². The molecule has 0 saturated heterocycles. The number of benzene rings is 9. The lowest BCUT2D eigenvalue weighted by molar-refractivity contribution is 0.444. The van der Waals surface area contributed by atoms with Crippen LogP contribution in [0, 0.1) is 0 Å². The zero-order valence-corrected chi connectivity index (χ0v) is 30.8. The van der Waals surface area contributed by atoms with Gasteiger partial charge in [-0.05, 0) is 109 Å². The van der Waals surface area contributed by atoms with Crippen LogP contribution in [0.4, 0.5) is 34.1 Å². The van der Waals surface area contributed by atoms with Crippen LogP contribution in [-0.2, 0) is 0 Å².